The van der Waals surface area contributed by atoms with Crippen LogP contribution in [0.4, 0.5) is 0 Å². The maximum Gasteiger partial charge on any atom is 0.317 e. The number of esters is 1. The van der Waals surface area contributed by atoms with Crippen molar-refractivity contribution in [2.45, 2.75) is 27.7 Å². The van der Waals surface area contributed by atoms with E-state index in [4.69, 9.17) is 4.74 Å². The number of hydrogen-bond donors (Lipinski definition) is 0. The lowest BCUT2D eigenvalue weighted by molar-refractivity contribution is -0.147. The molecule has 98 valence electrons. The van der Waals surface area contributed by atoms with Crippen molar-refractivity contribution in [2.24, 2.45) is 11.8 Å². The van der Waals surface area contributed by atoms with Gasteiger partial charge in [0.05, 0.1) is 6.61 Å². The van der Waals surface area contributed by atoms with Crippen LogP contribution in [-0.2, 0) is 9.53 Å². The van der Waals surface area contributed by atoms with Crippen LogP contribution in [0, 0.1) is 18.8 Å². The molecule has 1 rings (SSSR count). The number of aromatic nitrogens is 1. The number of aryl methyl sites for hydroxylation is 1. The van der Waals surface area contributed by atoms with Gasteiger partial charge in [-0.05, 0) is 31.4 Å². The Morgan fingerprint density at radius 3 is 2.56 bits per heavy atom. The molecule has 0 saturated heterocycles. The van der Waals surface area contributed by atoms with Crippen LogP contribution in [0.1, 0.15) is 36.8 Å². The first kappa shape index (κ1) is 14.4. The minimum Gasteiger partial charge on any atom is -0.465 e. The van der Waals surface area contributed by atoms with Gasteiger partial charge in [0.1, 0.15) is 11.6 Å². The molecular formula is C14H19NO3. The Bertz CT molecular complexity index is 440. The molecule has 0 radical (unpaired) electrons. The number of nitrogens with zero attached hydrogens (tertiary/aromatic N) is 1. The van der Waals surface area contributed by atoms with Crippen molar-refractivity contribution in [3.8, 4) is 0 Å². The molecule has 4 nitrogen and oxygen atoms in total. The van der Waals surface area contributed by atoms with Gasteiger partial charge in [-0.1, -0.05) is 19.9 Å². The van der Waals surface area contributed by atoms with Crippen molar-refractivity contribution in [3.63, 3.8) is 0 Å². The van der Waals surface area contributed by atoms with Gasteiger partial charge < -0.3 is 4.74 Å². The molecule has 0 bridgehead atoms. The van der Waals surface area contributed by atoms with Crippen LogP contribution in [0.15, 0.2) is 18.3 Å². The second-order valence-corrected chi connectivity index (χ2v) is 4.51. The molecule has 0 aliphatic carbocycles. The molecule has 0 saturated carbocycles. The number of carbonyl (C=O) groups is 2. The number of carbonyl (C=O) groups excluding carboxylic acids is 2. The fourth-order valence-corrected chi connectivity index (χ4v) is 1.80. The van der Waals surface area contributed by atoms with Crippen LogP contribution >= 0.6 is 0 Å². The minimum absolute atomic E-state index is 0.113. The summed E-state index contributed by atoms with van der Waals surface area (Å²) >= 11 is 0. The Labute approximate surface area is 107 Å². The highest BCUT2D eigenvalue weighted by atomic mass is 16.5. The van der Waals surface area contributed by atoms with Crippen molar-refractivity contribution >= 4 is 11.8 Å². The highest BCUT2D eigenvalue weighted by molar-refractivity contribution is 6.08. The van der Waals surface area contributed by atoms with E-state index in [1.165, 1.54) is 0 Å². The fraction of sp³-hybridized carbons (Fsp3) is 0.500. The normalized spacial score (nSPS) is 12.3. The highest BCUT2D eigenvalue weighted by Crippen LogP contribution is 2.19. The van der Waals surface area contributed by atoms with Crippen molar-refractivity contribution in [1.82, 2.24) is 4.98 Å². The Morgan fingerprint density at radius 2 is 2.06 bits per heavy atom. The lowest BCUT2D eigenvalue weighted by atomic mass is 9.88. The van der Waals surface area contributed by atoms with E-state index >= 15 is 0 Å². The molecule has 0 N–H and O–H groups in total. The Kier molecular flexibility index (Phi) is 5.01. The monoisotopic (exact) mass is 249 g/mol. The highest BCUT2D eigenvalue weighted by Gasteiger charge is 2.33. The quantitative estimate of drug-likeness (QED) is 0.457. The molecular weight excluding hydrogens is 230 g/mol. The van der Waals surface area contributed by atoms with Gasteiger partial charge in [0.25, 0.3) is 0 Å². The number of pyridine rings is 1. The zero-order valence-electron chi connectivity index (χ0n) is 11.3. The summed E-state index contributed by atoms with van der Waals surface area (Å²) in [5.74, 6) is -1.62. The summed E-state index contributed by atoms with van der Waals surface area (Å²) in [7, 11) is 0. The number of hydrogen-bond acceptors (Lipinski definition) is 4. The molecule has 0 aliphatic rings. The van der Waals surface area contributed by atoms with Gasteiger partial charge in [0.2, 0.25) is 0 Å². The van der Waals surface area contributed by atoms with E-state index in [2.05, 4.69) is 4.98 Å². The summed E-state index contributed by atoms with van der Waals surface area (Å²) in [6, 6.07) is 3.57. The summed E-state index contributed by atoms with van der Waals surface area (Å²) in [6.07, 6.45) is 1.56. The Balaban J connectivity index is 3.04. The zero-order chi connectivity index (χ0) is 13.7. The van der Waals surface area contributed by atoms with Gasteiger partial charge in [-0.3, -0.25) is 14.6 Å². The van der Waals surface area contributed by atoms with Crippen LogP contribution in [0.2, 0.25) is 0 Å². The van der Waals surface area contributed by atoms with Crippen LogP contribution in [0.25, 0.3) is 0 Å². The van der Waals surface area contributed by atoms with Crippen LogP contribution in [0.5, 0.6) is 0 Å². The predicted octanol–water partition coefficient (Wildman–Crippen LogP) is 2.41. The van der Waals surface area contributed by atoms with E-state index in [9.17, 15) is 9.59 Å². The SMILES string of the molecule is CCOC(=O)C(C(=O)c1ncccc1C)C(C)C. The first-order chi connectivity index (χ1) is 8.49. The van der Waals surface area contributed by atoms with Gasteiger partial charge in [-0.2, -0.15) is 0 Å². The summed E-state index contributed by atoms with van der Waals surface area (Å²) < 4.78 is 4.96. The molecule has 0 fully saturated rings. The standard InChI is InChI=1S/C14H19NO3/c1-5-18-14(17)11(9(2)3)13(16)12-10(4)7-6-8-15-12/h6-9,11H,5H2,1-4H3. The van der Waals surface area contributed by atoms with E-state index in [1.54, 1.807) is 19.2 Å². The molecule has 1 atom stereocenters. The Morgan fingerprint density at radius 1 is 1.39 bits per heavy atom. The van der Waals surface area contributed by atoms with Crippen molar-refractivity contribution in [3.05, 3.63) is 29.6 Å². The predicted molar refractivity (Wildman–Crippen MR) is 68.3 cm³/mol. The third kappa shape index (κ3) is 3.15. The van der Waals surface area contributed by atoms with Gasteiger partial charge >= 0.3 is 5.97 Å². The van der Waals surface area contributed by atoms with E-state index < -0.39 is 11.9 Å². The smallest absolute Gasteiger partial charge is 0.317 e. The second kappa shape index (κ2) is 6.28. The summed E-state index contributed by atoms with van der Waals surface area (Å²) in [5, 5.41) is 0. The molecule has 1 unspecified atom stereocenters. The number of ether oxygens (including phenoxy) is 1. The average molecular weight is 249 g/mol. The summed E-state index contributed by atoms with van der Waals surface area (Å²) in [6.45, 7) is 7.47. The lowest BCUT2D eigenvalue weighted by Crippen LogP contribution is -2.31. The summed E-state index contributed by atoms with van der Waals surface area (Å²) in [4.78, 5) is 28.3. The maximum atomic E-state index is 12.4. The topological polar surface area (TPSA) is 56.3 Å². The molecule has 0 spiro atoms. The van der Waals surface area contributed by atoms with Gasteiger partial charge in [-0.25, -0.2) is 0 Å². The van der Waals surface area contributed by atoms with E-state index in [0.29, 0.717) is 5.69 Å². The molecule has 0 aliphatic heterocycles. The van der Waals surface area contributed by atoms with Crippen LogP contribution < -0.4 is 0 Å². The van der Waals surface area contributed by atoms with E-state index in [-0.39, 0.29) is 18.3 Å². The molecule has 1 heterocycles. The van der Waals surface area contributed by atoms with Crippen LogP contribution in [-0.4, -0.2) is 23.3 Å². The van der Waals surface area contributed by atoms with Crippen LogP contribution in [0.3, 0.4) is 0 Å². The fourth-order valence-electron chi connectivity index (χ4n) is 1.80. The minimum atomic E-state index is -0.779. The van der Waals surface area contributed by atoms with Crippen molar-refractivity contribution in [1.29, 1.82) is 0 Å². The first-order valence-electron chi connectivity index (χ1n) is 6.11. The molecule has 18 heavy (non-hydrogen) atoms. The third-order valence-electron chi connectivity index (χ3n) is 2.73. The largest absolute Gasteiger partial charge is 0.465 e. The van der Waals surface area contributed by atoms with E-state index in [1.807, 2.05) is 26.8 Å². The Hall–Kier alpha value is -1.71. The molecule has 4 heteroatoms. The zero-order valence-corrected chi connectivity index (χ0v) is 11.3. The van der Waals surface area contributed by atoms with Crippen molar-refractivity contribution < 1.29 is 14.3 Å². The molecule has 0 aromatic carbocycles. The van der Waals surface area contributed by atoms with Gasteiger partial charge in [0, 0.05) is 6.20 Å². The van der Waals surface area contributed by atoms with Crippen molar-refractivity contribution in [2.75, 3.05) is 6.61 Å². The third-order valence-corrected chi connectivity index (χ3v) is 2.73. The molecule has 0 amide bonds. The number of rotatable bonds is 5. The number of Topliss-reactive ketones (excluding diaryl/α,β-unsaturated/α-hetero) is 1. The molecule has 1 aromatic heterocycles. The maximum absolute atomic E-state index is 12.4. The first-order valence-corrected chi connectivity index (χ1v) is 6.11. The van der Waals surface area contributed by atoms with Gasteiger partial charge in [-0.15, -0.1) is 0 Å². The summed E-state index contributed by atoms with van der Waals surface area (Å²) in [5.41, 5.74) is 1.13. The van der Waals surface area contributed by atoms with Gasteiger partial charge in [0.15, 0.2) is 5.78 Å². The molecule has 1 aromatic rings. The average Bonchev–Trinajstić information content (AvgIpc) is 2.29. The van der Waals surface area contributed by atoms with E-state index in [0.717, 1.165) is 5.56 Å². The number of ketones is 1. The second-order valence-electron chi connectivity index (χ2n) is 4.51. The lowest BCUT2D eigenvalue weighted by Gasteiger charge is -2.18.